The average Bonchev–Trinajstić information content (AvgIpc) is 2.16. The summed E-state index contributed by atoms with van der Waals surface area (Å²) in [5, 5.41) is 0. The van der Waals surface area contributed by atoms with E-state index in [0.29, 0.717) is 13.2 Å². The number of hydrogen-bond donors (Lipinski definition) is 2. The minimum atomic E-state index is -0.419. The molecule has 0 saturated carbocycles. The second-order valence-corrected chi connectivity index (χ2v) is 3.40. The van der Waals surface area contributed by atoms with Crippen molar-refractivity contribution in [3.05, 3.63) is 0 Å². The molecule has 0 aromatic carbocycles. The largest absolute Gasteiger partial charge is 0.449 e. The molecule has 1 rings (SSSR count). The summed E-state index contributed by atoms with van der Waals surface area (Å²) in [5.74, 6) is 0. The van der Waals surface area contributed by atoms with Crippen LogP contribution in [-0.2, 0) is 9.47 Å². The standard InChI is InChI=1S/C9H18N2O3/c1-3-4-5-13-9(12)11-10-8-6-14-7(8)2/h7-8,10H,3-6H2,1-2H3,(H,11,12). The molecule has 82 valence electrons. The lowest BCUT2D eigenvalue weighted by molar-refractivity contribution is -0.0792. The van der Waals surface area contributed by atoms with Gasteiger partial charge in [0.1, 0.15) is 0 Å². The van der Waals surface area contributed by atoms with Crippen molar-refractivity contribution in [2.24, 2.45) is 0 Å². The summed E-state index contributed by atoms with van der Waals surface area (Å²) in [4.78, 5) is 11.0. The third-order valence-electron chi connectivity index (χ3n) is 2.20. The minimum absolute atomic E-state index is 0.158. The summed E-state index contributed by atoms with van der Waals surface area (Å²) in [6, 6.07) is 0.203. The molecule has 14 heavy (non-hydrogen) atoms. The van der Waals surface area contributed by atoms with Crippen molar-refractivity contribution < 1.29 is 14.3 Å². The van der Waals surface area contributed by atoms with Crippen molar-refractivity contribution in [2.75, 3.05) is 13.2 Å². The molecular weight excluding hydrogens is 184 g/mol. The van der Waals surface area contributed by atoms with Gasteiger partial charge in [0, 0.05) is 0 Å². The minimum Gasteiger partial charge on any atom is -0.449 e. The van der Waals surface area contributed by atoms with E-state index in [-0.39, 0.29) is 12.1 Å². The fourth-order valence-electron chi connectivity index (χ4n) is 1.04. The number of carbonyl (C=O) groups excluding carboxylic acids is 1. The van der Waals surface area contributed by atoms with E-state index < -0.39 is 6.09 Å². The first kappa shape index (κ1) is 11.3. The molecule has 0 aliphatic carbocycles. The van der Waals surface area contributed by atoms with Crippen LogP contribution in [0.2, 0.25) is 0 Å². The van der Waals surface area contributed by atoms with Gasteiger partial charge in [-0.15, -0.1) is 0 Å². The van der Waals surface area contributed by atoms with Crippen LogP contribution < -0.4 is 10.9 Å². The maximum absolute atomic E-state index is 11.0. The van der Waals surface area contributed by atoms with Crippen molar-refractivity contribution in [3.63, 3.8) is 0 Å². The Morgan fingerprint density at radius 1 is 1.64 bits per heavy atom. The highest BCUT2D eigenvalue weighted by Crippen LogP contribution is 2.09. The summed E-state index contributed by atoms with van der Waals surface area (Å²) >= 11 is 0. The van der Waals surface area contributed by atoms with Crippen molar-refractivity contribution >= 4 is 6.09 Å². The van der Waals surface area contributed by atoms with Gasteiger partial charge < -0.3 is 9.47 Å². The third-order valence-corrected chi connectivity index (χ3v) is 2.20. The van der Waals surface area contributed by atoms with Gasteiger partial charge in [-0.3, -0.25) is 5.43 Å². The summed E-state index contributed by atoms with van der Waals surface area (Å²) in [6.45, 7) is 5.11. The Hall–Kier alpha value is -0.810. The van der Waals surface area contributed by atoms with Crippen LogP contribution in [0.3, 0.4) is 0 Å². The van der Waals surface area contributed by atoms with Gasteiger partial charge >= 0.3 is 6.09 Å². The van der Waals surface area contributed by atoms with Gasteiger partial charge in [-0.25, -0.2) is 10.2 Å². The maximum Gasteiger partial charge on any atom is 0.421 e. The summed E-state index contributed by atoms with van der Waals surface area (Å²) < 4.78 is 10.0. The Morgan fingerprint density at radius 3 is 2.93 bits per heavy atom. The van der Waals surface area contributed by atoms with Gasteiger partial charge in [-0.1, -0.05) is 13.3 Å². The Labute approximate surface area is 84.1 Å². The first-order valence-electron chi connectivity index (χ1n) is 5.04. The number of amides is 1. The van der Waals surface area contributed by atoms with Gasteiger partial charge in [-0.05, 0) is 13.3 Å². The van der Waals surface area contributed by atoms with E-state index in [1.807, 2.05) is 13.8 Å². The molecule has 1 saturated heterocycles. The molecule has 2 unspecified atom stereocenters. The van der Waals surface area contributed by atoms with Gasteiger partial charge in [0.05, 0.1) is 25.4 Å². The molecule has 2 atom stereocenters. The van der Waals surface area contributed by atoms with E-state index in [1.54, 1.807) is 0 Å². The molecule has 0 bridgehead atoms. The molecule has 0 spiro atoms. The van der Waals surface area contributed by atoms with Crippen LogP contribution in [0.1, 0.15) is 26.7 Å². The van der Waals surface area contributed by atoms with E-state index in [0.717, 1.165) is 12.8 Å². The molecule has 5 heteroatoms. The predicted molar refractivity (Wildman–Crippen MR) is 51.7 cm³/mol. The summed E-state index contributed by atoms with van der Waals surface area (Å²) in [5.41, 5.74) is 5.33. The molecule has 1 heterocycles. The number of nitrogens with one attached hydrogen (secondary N) is 2. The molecule has 5 nitrogen and oxygen atoms in total. The van der Waals surface area contributed by atoms with E-state index in [4.69, 9.17) is 9.47 Å². The van der Waals surface area contributed by atoms with Crippen molar-refractivity contribution in [2.45, 2.75) is 38.8 Å². The molecule has 1 aliphatic heterocycles. The molecular formula is C9H18N2O3. The third kappa shape index (κ3) is 3.51. The molecule has 0 radical (unpaired) electrons. The normalized spacial score (nSPS) is 25.3. The van der Waals surface area contributed by atoms with Crippen LogP contribution in [0.15, 0.2) is 0 Å². The lowest BCUT2D eigenvalue weighted by Crippen LogP contribution is -2.58. The quantitative estimate of drug-likeness (QED) is 0.511. The summed E-state index contributed by atoms with van der Waals surface area (Å²) in [7, 11) is 0. The lowest BCUT2D eigenvalue weighted by Gasteiger charge is -2.34. The van der Waals surface area contributed by atoms with Gasteiger partial charge in [0.15, 0.2) is 0 Å². The van der Waals surface area contributed by atoms with Gasteiger partial charge in [0.2, 0.25) is 0 Å². The first-order chi connectivity index (χ1) is 6.74. The van der Waals surface area contributed by atoms with E-state index in [2.05, 4.69) is 10.9 Å². The van der Waals surface area contributed by atoms with Crippen LogP contribution in [0.5, 0.6) is 0 Å². The summed E-state index contributed by atoms with van der Waals surface area (Å²) in [6.07, 6.45) is 1.66. The Kier molecular flexibility index (Phi) is 4.69. The van der Waals surface area contributed by atoms with E-state index in [1.165, 1.54) is 0 Å². The van der Waals surface area contributed by atoms with Crippen LogP contribution >= 0.6 is 0 Å². The lowest BCUT2D eigenvalue weighted by atomic mass is 10.1. The highest BCUT2D eigenvalue weighted by Gasteiger charge is 2.27. The second-order valence-electron chi connectivity index (χ2n) is 3.40. The van der Waals surface area contributed by atoms with Crippen molar-refractivity contribution in [1.82, 2.24) is 10.9 Å². The number of hydrogen-bond acceptors (Lipinski definition) is 4. The number of carbonyl (C=O) groups is 1. The van der Waals surface area contributed by atoms with Crippen LogP contribution in [0, 0.1) is 0 Å². The topological polar surface area (TPSA) is 59.6 Å². The van der Waals surface area contributed by atoms with Crippen LogP contribution in [0.25, 0.3) is 0 Å². The predicted octanol–water partition coefficient (Wildman–Crippen LogP) is 0.805. The molecule has 1 fully saturated rings. The smallest absolute Gasteiger partial charge is 0.421 e. The zero-order valence-corrected chi connectivity index (χ0v) is 8.71. The zero-order chi connectivity index (χ0) is 10.4. The molecule has 1 aliphatic rings. The maximum atomic E-state index is 11.0. The van der Waals surface area contributed by atoms with Crippen molar-refractivity contribution in [3.8, 4) is 0 Å². The Balaban J connectivity index is 1.97. The second kappa shape index (κ2) is 5.82. The van der Waals surface area contributed by atoms with Crippen molar-refractivity contribution in [1.29, 1.82) is 0 Å². The number of unbranched alkanes of at least 4 members (excludes halogenated alkanes) is 1. The average molecular weight is 202 g/mol. The van der Waals surface area contributed by atoms with Gasteiger partial charge in [0.25, 0.3) is 0 Å². The molecule has 0 aromatic rings. The monoisotopic (exact) mass is 202 g/mol. The van der Waals surface area contributed by atoms with E-state index >= 15 is 0 Å². The Bertz CT molecular complexity index is 187. The van der Waals surface area contributed by atoms with Crippen LogP contribution in [-0.4, -0.2) is 31.5 Å². The van der Waals surface area contributed by atoms with Crippen LogP contribution in [0.4, 0.5) is 4.79 Å². The first-order valence-corrected chi connectivity index (χ1v) is 5.04. The zero-order valence-electron chi connectivity index (χ0n) is 8.71. The fraction of sp³-hybridized carbons (Fsp3) is 0.889. The Morgan fingerprint density at radius 2 is 2.43 bits per heavy atom. The number of rotatable bonds is 5. The number of hydrazine groups is 1. The fourth-order valence-corrected chi connectivity index (χ4v) is 1.04. The molecule has 1 amide bonds. The molecule has 0 aromatic heterocycles. The highest BCUT2D eigenvalue weighted by atomic mass is 16.6. The highest BCUT2D eigenvalue weighted by molar-refractivity contribution is 5.66. The van der Waals surface area contributed by atoms with Gasteiger partial charge in [-0.2, -0.15) is 0 Å². The SMILES string of the molecule is CCCCOC(=O)NNC1COC1C. The van der Waals surface area contributed by atoms with E-state index in [9.17, 15) is 4.79 Å². The molecule has 2 N–H and O–H groups in total. The number of ether oxygens (including phenoxy) is 2.